The molecule has 1 heterocycles. The minimum absolute atomic E-state index is 0.152. The van der Waals surface area contributed by atoms with E-state index < -0.39 is 0 Å². The van der Waals surface area contributed by atoms with Gasteiger partial charge in [0.25, 0.3) is 0 Å². The number of hydrogen-bond acceptors (Lipinski definition) is 4. The van der Waals surface area contributed by atoms with Crippen molar-refractivity contribution in [3.8, 4) is 17.6 Å². The van der Waals surface area contributed by atoms with Gasteiger partial charge in [-0.25, -0.2) is 0 Å². The number of aliphatic hydroxyl groups excluding tert-OH is 1. The van der Waals surface area contributed by atoms with E-state index >= 15 is 0 Å². The first-order chi connectivity index (χ1) is 9.83. The average molecular weight is 288 g/mol. The molecule has 0 aliphatic rings. The molecule has 0 aliphatic carbocycles. The summed E-state index contributed by atoms with van der Waals surface area (Å²) < 4.78 is 10.5. The third kappa shape index (κ3) is 4.09. The summed E-state index contributed by atoms with van der Waals surface area (Å²) in [5.74, 6) is 8.97. The minimum Gasteiger partial charge on any atom is -0.495 e. The van der Waals surface area contributed by atoms with Crippen molar-refractivity contribution in [3.63, 3.8) is 0 Å². The summed E-state index contributed by atoms with van der Waals surface area (Å²) in [4.78, 5) is 0. The number of thioether (sulfide) groups is 1. The second-order valence-electron chi connectivity index (χ2n) is 4.07. The maximum atomic E-state index is 8.78. The fraction of sp³-hybridized carbons (Fsp3) is 0.250. The molecule has 0 unspecified atom stereocenters. The van der Waals surface area contributed by atoms with Crippen LogP contribution in [0.3, 0.4) is 0 Å². The molecule has 1 N–H and O–H groups in total. The van der Waals surface area contributed by atoms with Gasteiger partial charge in [0.05, 0.1) is 24.7 Å². The van der Waals surface area contributed by atoms with E-state index in [0.717, 1.165) is 28.6 Å². The number of rotatable bonds is 5. The SMILES string of the molecule is COc1ccc(CSCc2ccco2)cc1C#CCO. The largest absolute Gasteiger partial charge is 0.495 e. The van der Waals surface area contributed by atoms with Crippen LogP contribution in [-0.4, -0.2) is 18.8 Å². The van der Waals surface area contributed by atoms with Crippen molar-refractivity contribution in [1.29, 1.82) is 0 Å². The molecule has 1 aromatic heterocycles. The van der Waals surface area contributed by atoms with Crippen LogP contribution in [-0.2, 0) is 11.5 Å². The van der Waals surface area contributed by atoms with Crippen molar-refractivity contribution in [1.82, 2.24) is 0 Å². The highest BCUT2D eigenvalue weighted by molar-refractivity contribution is 7.97. The van der Waals surface area contributed by atoms with Crippen LogP contribution in [0.2, 0.25) is 0 Å². The van der Waals surface area contributed by atoms with Crippen LogP contribution >= 0.6 is 11.8 Å². The summed E-state index contributed by atoms with van der Waals surface area (Å²) in [6.07, 6.45) is 1.69. The van der Waals surface area contributed by atoms with Crippen molar-refractivity contribution < 1.29 is 14.3 Å². The predicted octanol–water partition coefficient (Wildman–Crippen LogP) is 3.07. The molecule has 0 radical (unpaired) electrons. The normalized spacial score (nSPS) is 9.90. The van der Waals surface area contributed by atoms with Gasteiger partial charge in [0.15, 0.2) is 0 Å². The van der Waals surface area contributed by atoms with Gasteiger partial charge in [-0.2, -0.15) is 0 Å². The summed E-state index contributed by atoms with van der Waals surface area (Å²) in [7, 11) is 1.62. The van der Waals surface area contributed by atoms with Gasteiger partial charge < -0.3 is 14.3 Å². The molecule has 104 valence electrons. The first kappa shape index (κ1) is 14.6. The molecule has 0 atom stereocenters. The second-order valence-corrected chi connectivity index (χ2v) is 5.05. The number of aliphatic hydroxyl groups is 1. The maximum Gasteiger partial charge on any atom is 0.134 e. The van der Waals surface area contributed by atoms with Gasteiger partial charge in [0, 0.05) is 5.75 Å². The van der Waals surface area contributed by atoms with Crippen LogP contribution in [0, 0.1) is 11.8 Å². The third-order valence-corrected chi connectivity index (χ3v) is 3.69. The molecule has 0 saturated carbocycles. The Morgan fingerprint density at radius 1 is 1.30 bits per heavy atom. The van der Waals surface area contributed by atoms with Gasteiger partial charge in [0.2, 0.25) is 0 Å². The smallest absolute Gasteiger partial charge is 0.134 e. The Labute approximate surface area is 123 Å². The van der Waals surface area contributed by atoms with E-state index in [-0.39, 0.29) is 6.61 Å². The van der Waals surface area contributed by atoms with Crippen LogP contribution in [0.15, 0.2) is 41.0 Å². The number of methoxy groups -OCH3 is 1. The highest BCUT2D eigenvalue weighted by Gasteiger charge is 2.03. The van der Waals surface area contributed by atoms with Crippen LogP contribution < -0.4 is 4.74 Å². The minimum atomic E-state index is -0.152. The lowest BCUT2D eigenvalue weighted by Crippen LogP contribution is -1.91. The van der Waals surface area contributed by atoms with Crippen molar-refractivity contribution in [2.24, 2.45) is 0 Å². The van der Waals surface area contributed by atoms with Crippen LogP contribution in [0.1, 0.15) is 16.9 Å². The monoisotopic (exact) mass is 288 g/mol. The van der Waals surface area contributed by atoms with E-state index in [0.29, 0.717) is 0 Å². The zero-order chi connectivity index (χ0) is 14.2. The summed E-state index contributed by atoms with van der Waals surface area (Å²) in [5, 5.41) is 8.78. The molecule has 0 amide bonds. The van der Waals surface area contributed by atoms with E-state index in [1.54, 1.807) is 25.1 Å². The van der Waals surface area contributed by atoms with Gasteiger partial charge in [-0.05, 0) is 29.8 Å². The summed E-state index contributed by atoms with van der Waals surface area (Å²) in [5.41, 5.74) is 1.97. The lowest BCUT2D eigenvalue weighted by atomic mass is 10.1. The van der Waals surface area contributed by atoms with E-state index in [1.807, 2.05) is 30.3 Å². The maximum absolute atomic E-state index is 8.78. The Hall–Kier alpha value is -1.83. The lowest BCUT2D eigenvalue weighted by molar-refractivity contribution is 0.350. The fourth-order valence-corrected chi connectivity index (χ4v) is 2.62. The fourth-order valence-electron chi connectivity index (χ4n) is 1.74. The number of furan rings is 1. The second kappa shape index (κ2) is 7.68. The van der Waals surface area contributed by atoms with Gasteiger partial charge in [-0.3, -0.25) is 0 Å². The average Bonchev–Trinajstić information content (AvgIpc) is 2.98. The summed E-state index contributed by atoms with van der Waals surface area (Å²) in [6, 6.07) is 9.80. The molecule has 2 rings (SSSR count). The molecule has 2 aromatic rings. The lowest BCUT2D eigenvalue weighted by Gasteiger charge is -2.06. The Balaban J connectivity index is 2.01. The molecule has 0 fully saturated rings. The van der Waals surface area contributed by atoms with Gasteiger partial charge >= 0.3 is 0 Å². The zero-order valence-corrected chi connectivity index (χ0v) is 12.1. The standard InChI is InChI=1S/C16H16O3S/c1-18-16-7-6-13(10-14(16)4-2-8-17)11-20-12-15-5-3-9-19-15/h3,5-7,9-10,17H,8,11-12H2,1H3. The molecular formula is C16H16O3S. The van der Waals surface area contributed by atoms with E-state index in [1.165, 1.54) is 5.56 Å². The Morgan fingerprint density at radius 2 is 2.20 bits per heavy atom. The molecular weight excluding hydrogens is 272 g/mol. The third-order valence-electron chi connectivity index (χ3n) is 2.66. The Kier molecular flexibility index (Phi) is 5.60. The van der Waals surface area contributed by atoms with Gasteiger partial charge in [-0.1, -0.05) is 17.9 Å². The van der Waals surface area contributed by atoms with Crippen molar-refractivity contribution in [2.45, 2.75) is 11.5 Å². The molecule has 0 spiro atoms. The molecule has 3 nitrogen and oxygen atoms in total. The molecule has 20 heavy (non-hydrogen) atoms. The Bertz CT molecular complexity index is 594. The quantitative estimate of drug-likeness (QED) is 0.859. The molecule has 0 bridgehead atoms. The van der Waals surface area contributed by atoms with Gasteiger partial charge in [0.1, 0.15) is 18.1 Å². The van der Waals surface area contributed by atoms with Crippen LogP contribution in [0.25, 0.3) is 0 Å². The number of benzene rings is 1. The van der Waals surface area contributed by atoms with E-state index in [9.17, 15) is 0 Å². The van der Waals surface area contributed by atoms with Crippen LogP contribution in [0.4, 0.5) is 0 Å². The first-order valence-corrected chi connectivity index (χ1v) is 7.35. The molecule has 0 saturated heterocycles. The summed E-state index contributed by atoms with van der Waals surface area (Å²) >= 11 is 1.78. The van der Waals surface area contributed by atoms with Gasteiger partial charge in [-0.15, -0.1) is 11.8 Å². The van der Waals surface area contributed by atoms with Crippen molar-refractivity contribution in [3.05, 3.63) is 53.5 Å². The van der Waals surface area contributed by atoms with E-state index in [4.69, 9.17) is 14.3 Å². The summed E-state index contributed by atoms with van der Waals surface area (Å²) in [6.45, 7) is -0.152. The van der Waals surface area contributed by atoms with Crippen molar-refractivity contribution >= 4 is 11.8 Å². The molecule has 1 aromatic carbocycles. The van der Waals surface area contributed by atoms with Crippen molar-refractivity contribution in [2.75, 3.05) is 13.7 Å². The zero-order valence-electron chi connectivity index (χ0n) is 11.3. The molecule has 0 aliphatic heterocycles. The van der Waals surface area contributed by atoms with E-state index in [2.05, 4.69) is 11.8 Å². The Morgan fingerprint density at radius 3 is 2.90 bits per heavy atom. The topological polar surface area (TPSA) is 42.6 Å². The van der Waals surface area contributed by atoms with Crippen LogP contribution in [0.5, 0.6) is 5.75 Å². The highest BCUT2D eigenvalue weighted by atomic mass is 32.2. The molecule has 4 heteroatoms. The number of hydrogen-bond donors (Lipinski definition) is 1. The number of ether oxygens (including phenoxy) is 1. The predicted molar refractivity (Wildman–Crippen MR) is 80.7 cm³/mol. The first-order valence-electron chi connectivity index (χ1n) is 6.20. The highest BCUT2D eigenvalue weighted by Crippen LogP contribution is 2.23.